The molecule has 0 radical (unpaired) electrons. The number of methoxy groups -OCH3 is 1. The predicted octanol–water partition coefficient (Wildman–Crippen LogP) is 2.70. The van der Waals surface area contributed by atoms with Crippen molar-refractivity contribution in [2.24, 2.45) is 0 Å². The number of Topliss-reactive ketones (excluding diaryl/α,β-unsaturated/α-hetero) is 1. The third kappa shape index (κ3) is 4.85. The molecule has 8 nitrogen and oxygen atoms in total. The Labute approximate surface area is 194 Å². The van der Waals surface area contributed by atoms with Gasteiger partial charge in [-0.1, -0.05) is 29.8 Å². The molecule has 2 aromatic rings. The van der Waals surface area contributed by atoms with Crippen LogP contribution in [0.4, 0.5) is 0 Å². The van der Waals surface area contributed by atoms with Crippen LogP contribution in [0.1, 0.15) is 29.2 Å². The highest BCUT2D eigenvalue weighted by Crippen LogP contribution is 2.39. The Bertz CT molecular complexity index is 1170. The van der Waals surface area contributed by atoms with Gasteiger partial charge in [0.05, 0.1) is 16.5 Å². The molecule has 1 heterocycles. The van der Waals surface area contributed by atoms with E-state index in [1.807, 2.05) is 31.2 Å². The first-order valence-corrected chi connectivity index (χ1v) is 11.9. The minimum Gasteiger partial charge on any atom is -0.507 e. The summed E-state index contributed by atoms with van der Waals surface area (Å²) in [6.07, 6.45) is 0.531. The average molecular weight is 473 g/mol. The van der Waals surface area contributed by atoms with Crippen LogP contribution in [0.2, 0.25) is 0 Å². The normalized spacial score (nSPS) is 18.3. The van der Waals surface area contributed by atoms with Crippen molar-refractivity contribution in [3.05, 3.63) is 70.8 Å². The summed E-state index contributed by atoms with van der Waals surface area (Å²) >= 11 is 0. The number of rotatable bonds is 8. The zero-order valence-corrected chi connectivity index (χ0v) is 19.9. The van der Waals surface area contributed by atoms with Gasteiger partial charge in [-0.15, -0.1) is 0 Å². The van der Waals surface area contributed by atoms with Crippen molar-refractivity contribution >= 4 is 27.5 Å². The number of hydrogen-bond acceptors (Lipinski definition) is 6. The van der Waals surface area contributed by atoms with Crippen molar-refractivity contribution in [2.45, 2.75) is 24.3 Å². The summed E-state index contributed by atoms with van der Waals surface area (Å²) in [5.74, 6) is -1.81. The molecular formula is C24H28N2O6S. The summed E-state index contributed by atoms with van der Waals surface area (Å²) in [4.78, 5) is 27.4. The fourth-order valence-corrected chi connectivity index (χ4v) is 4.64. The molecule has 0 saturated carbocycles. The molecule has 0 aliphatic carbocycles. The second-order valence-corrected chi connectivity index (χ2v) is 10.2. The molecule has 2 aromatic carbocycles. The molecule has 1 atom stereocenters. The largest absolute Gasteiger partial charge is 0.507 e. The number of ether oxygens (including phenoxy) is 1. The number of amides is 1. The number of carbonyl (C=O) groups excluding carboxylic acids is 2. The second-order valence-electron chi connectivity index (χ2n) is 8.06. The van der Waals surface area contributed by atoms with Crippen molar-refractivity contribution in [3.63, 3.8) is 0 Å². The summed E-state index contributed by atoms with van der Waals surface area (Å²) in [5, 5.41) is 11.1. The third-order valence-electron chi connectivity index (χ3n) is 5.59. The monoisotopic (exact) mass is 472 g/mol. The van der Waals surface area contributed by atoms with E-state index in [2.05, 4.69) is 0 Å². The Morgan fingerprint density at radius 3 is 2.21 bits per heavy atom. The standard InChI is InChI=1S/C24H28N2O6S/c1-16-6-8-17(9-7-16)21-20(23(28)24(29)26(21)14-5-15-32-4)22(27)18-10-12-19(13-11-18)33(30,31)25(2)3/h6-13,21,27H,5,14-15H2,1-4H3/b22-20-. The Kier molecular flexibility index (Phi) is 7.36. The van der Waals surface area contributed by atoms with Crippen molar-refractivity contribution in [3.8, 4) is 0 Å². The lowest BCUT2D eigenvalue weighted by atomic mass is 9.94. The lowest BCUT2D eigenvalue weighted by Crippen LogP contribution is -2.31. The molecule has 1 N–H and O–H groups in total. The van der Waals surface area contributed by atoms with Gasteiger partial charge in [0.2, 0.25) is 10.0 Å². The second kappa shape index (κ2) is 9.86. The molecule has 176 valence electrons. The number of likely N-dealkylation sites (tertiary alicyclic amines) is 1. The first-order valence-electron chi connectivity index (χ1n) is 10.5. The molecule has 3 rings (SSSR count). The molecule has 1 aliphatic rings. The Balaban J connectivity index is 2.09. The van der Waals surface area contributed by atoms with Crippen LogP contribution in [0.15, 0.2) is 59.0 Å². The van der Waals surface area contributed by atoms with Crippen molar-refractivity contribution < 1.29 is 27.9 Å². The molecule has 0 spiro atoms. The Morgan fingerprint density at radius 1 is 1.06 bits per heavy atom. The topological polar surface area (TPSA) is 104 Å². The van der Waals surface area contributed by atoms with Gasteiger partial charge in [0.25, 0.3) is 11.7 Å². The van der Waals surface area contributed by atoms with E-state index in [-0.39, 0.29) is 28.3 Å². The van der Waals surface area contributed by atoms with Gasteiger partial charge in [-0.3, -0.25) is 9.59 Å². The lowest BCUT2D eigenvalue weighted by Gasteiger charge is -2.25. The molecule has 0 bridgehead atoms. The van der Waals surface area contributed by atoms with E-state index >= 15 is 0 Å². The van der Waals surface area contributed by atoms with Gasteiger partial charge in [-0.25, -0.2) is 12.7 Å². The fourth-order valence-electron chi connectivity index (χ4n) is 3.74. The van der Waals surface area contributed by atoms with Gasteiger partial charge >= 0.3 is 0 Å². The molecule has 0 aromatic heterocycles. The van der Waals surface area contributed by atoms with Crippen LogP contribution in [-0.2, 0) is 24.3 Å². The van der Waals surface area contributed by atoms with E-state index in [0.29, 0.717) is 18.6 Å². The number of aliphatic hydroxyl groups excluding tert-OH is 1. The maximum atomic E-state index is 13.0. The number of benzene rings is 2. The van der Waals surface area contributed by atoms with Crippen LogP contribution >= 0.6 is 0 Å². The third-order valence-corrected chi connectivity index (χ3v) is 7.42. The lowest BCUT2D eigenvalue weighted by molar-refractivity contribution is -0.140. The Morgan fingerprint density at radius 2 is 1.67 bits per heavy atom. The number of aryl methyl sites for hydroxylation is 1. The number of carbonyl (C=O) groups is 2. The summed E-state index contributed by atoms with van der Waals surface area (Å²) in [6.45, 7) is 2.64. The van der Waals surface area contributed by atoms with Crippen molar-refractivity contribution in [1.29, 1.82) is 0 Å². The highest BCUT2D eigenvalue weighted by Gasteiger charge is 2.45. The van der Waals surface area contributed by atoms with Crippen molar-refractivity contribution in [1.82, 2.24) is 9.21 Å². The zero-order chi connectivity index (χ0) is 24.3. The first-order chi connectivity index (χ1) is 15.6. The predicted molar refractivity (Wildman–Crippen MR) is 124 cm³/mol. The van der Waals surface area contributed by atoms with Crippen LogP contribution in [0.3, 0.4) is 0 Å². The zero-order valence-electron chi connectivity index (χ0n) is 19.1. The number of aliphatic hydroxyl groups is 1. The Hall–Kier alpha value is -3.01. The minimum absolute atomic E-state index is 0.0236. The van der Waals surface area contributed by atoms with Gasteiger partial charge < -0.3 is 14.7 Å². The summed E-state index contributed by atoms with van der Waals surface area (Å²) in [5.41, 5.74) is 1.95. The van der Waals surface area contributed by atoms with Gasteiger partial charge in [-0.05, 0) is 43.2 Å². The molecule has 1 fully saturated rings. The smallest absolute Gasteiger partial charge is 0.295 e. The number of ketones is 1. The van der Waals surface area contributed by atoms with Crippen LogP contribution in [0, 0.1) is 6.92 Å². The molecule has 1 amide bonds. The minimum atomic E-state index is -3.64. The van der Waals surface area contributed by atoms with Crippen molar-refractivity contribution in [2.75, 3.05) is 34.4 Å². The van der Waals surface area contributed by atoms with Crippen LogP contribution < -0.4 is 0 Å². The van der Waals surface area contributed by atoms with E-state index in [9.17, 15) is 23.1 Å². The summed E-state index contributed by atoms with van der Waals surface area (Å²) in [7, 11) is 0.771. The van der Waals surface area contributed by atoms with E-state index in [1.54, 1.807) is 7.11 Å². The van der Waals surface area contributed by atoms with Crippen LogP contribution in [-0.4, -0.2) is 68.8 Å². The summed E-state index contributed by atoms with van der Waals surface area (Å²) < 4.78 is 30.8. The van der Waals surface area contributed by atoms with Gasteiger partial charge in [0, 0.05) is 39.9 Å². The molecule has 33 heavy (non-hydrogen) atoms. The number of nitrogens with zero attached hydrogens (tertiary/aromatic N) is 2. The first kappa shape index (κ1) is 24.6. The molecule has 1 saturated heterocycles. The number of hydrogen-bond donors (Lipinski definition) is 1. The van der Waals surface area contributed by atoms with E-state index in [0.717, 1.165) is 9.87 Å². The highest BCUT2D eigenvalue weighted by molar-refractivity contribution is 7.89. The molecule has 1 unspecified atom stereocenters. The fraction of sp³-hybridized carbons (Fsp3) is 0.333. The van der Waals surface area contributed by atoms with Gasteiger partial charge in [0.1, 0.15) is 5.76 Å². The number of sulfonamides is 1. The maximum absolute atomic E-state index is 13.0. The van der Waals surface area contributed by atoms with Gasteiger partial charge in [0.15, 0.2) is 0 Å². The van der Waals surface area contributed by atoms with Gasteiger partial charge in [-0.2, -0.15) is 0 Å². The van der Waals surface area contributed by atoms with E-state index in [4.69, 9.17) is 4.74 Å². The quantitative estimate of drug-likeness (QED) is 0.274. The molecule has 1 aliphatic heterocycles. The highest BCUT2D eigenvalue weighted by atomic mass is 32.2. The van der Waals surface area contributed by atoms with E-state index < -0.39 is 27.8 Å². The summed E-state index contributed by atoms with van der Waals surface area (Å²) in [6, 6.07) is 12.2. The average Bonchev–Trinajstić information content (AvgIpc) is 3.04. The maximum Gasteiger partial charge on any atom is 0.295 e. The molecular weight excluding hydrogens is 444 g/mol. The van der Waals surface area contributed by atoms with Crippen LogP contribution in [0.25, 0.3) is 5.76 Å². The molecule has 9 heteroatoms. The van der Waals surface area contributed by atoms with Crippen LogP contribution in [0.5, 0.6) is 0 Å². The van der Waals surface area contributed by atoms with E-state index in [1.165, 1.54) is 43.3 Å². The SMILES string of the molecule is COCCCN1C(=O)C(=O)/C(=C(\O)c2ccc(S(=O)(=O)N(C)C)cc2)C1c1ccc(C)cc1.